The van der Waals surface area contributed by atoms with E-state index in [1.165, 1.54) is 16.9 Å². The van der Waals surface area contributed by atoms with Crippen LogP contribution < -0.4 is 5.32 Å². The first-order valence-electron chi connectivity index (χ1n) is 8.85. The number of piperazine rings is 1. The van der Waals surface area contributed by atoms with Crippen molar-refractivity contribution in [2.75, 3.05) is 38.5 Å². The van der Waals surface area contributed by atoms with E-state index in [0.29, 0.717) is 18.0 Å². The molecule has 0 radical (unpaired) electrons. The van der Waals surface area contributed by atoms with E-state index in [1.54, 1.807) is 11.3 Å². The molecular formula is C18H26N4OS. The third-order valence-corrected chi connectivity index (χ3v) is 6.34. The summed E-state index contributed by atoms with van der Waals surface area (Å²) in [5.74, 6) is 0.0243. The molecule has 0 aromatic carbocycles. The molecule has 6 heteroatoms. The van der Waals surface area contributed by atoms with E-state index in [9.17, 15) is 10.1 Å². The molecule has 24 heavy (non-hydrogen) atoms. The normalized spacial score (nSPS) is 22.0. The number of carbonyl (C=O) groups excluding carboxylic acids is 1. The van der Waals surface area contributed by atoms with Gasteiger partial charge in [-0.1, -0.05) is 0 Å². The lowest BCUT2D eigenvalue weighted by molar-refractivity contribution is -0.116. The van der Waals surface area contributed by atoms with Gasteiger partial charge in [0.2, 0.25) is 5.91 Å². The first-order valence-corrected chi connectivity index (χ1v) is 9.67. The van der Waals surface area contributed by atoms with Gasteiger partial charge in [-0.05, 0) is 45.2 Å². The molecule has 130 valence electrons. The monoisotopic (exact) mass is 346 g/mol. The SMILES string of the molecule is CC1CN(C)CCN1CCC(=O)Nc1sc2c(c1C#N)CCCC2. The Hall–Kier alpha value is -1.42. The zero-order chi connectivity index (χ0) is 17.1. The van der Waals surface area contributed by atoms with Crippen molar-refractivity contribution in [1.82, 2.24) is 9.80 Å². The number of rotatable bonds is 4. The van der Waals surface area contributed by atoms with Crippen molar-refractivity contribution >= 4 is 22.2 Å². The third kappa shape index (κ3) is 3.80. The molecule has 1 aromatic rings. The molecule has 1 amide bonds. The van der Waals surface area contributed by atoms with Gasteiger partial charge in [-0.15, -0.1) is 11.3 Å². The first-order chi connectivity index (χ1) is 11.6. The molecule has 1 aliphatic heterocycles. The molecule has 1 unspecified atom stereocenters. The summed E-state index contributed by atoms with van der Waals surface area (Å²) in [6.07, 6.45) is 4.84. The summed E-state index contributed by atoms with van der Waals surface area (Å²) < 4.78 is 0. The zero-order valence-corrected chi connectivity index (χ0v) is 15.4. The van der Waals surface area contributed by atoms with Crippen molar-refractivity contribution in [2.24, 2.45) is 0 Å². The maximum Gasteiger partial charge on any atom is 0.226 e. The van der Waals surface area contributed by atoms with E-state index in [4.69, 9.17) is 0 Å². The lowest BCUT2D eigenvalue weighted by Gasteiger charge is -2.38. The molecule has 5 nitrogen and oxygen atoms in total. The van der Waals surface area contributed by atoms with Crippen LogP contribution in [-0.4, -0.2) is 55.0 Å². The second kappa shape index (κ2) is 7.64. The molecule has 2 heterocycles. The van der Waals surface area contributed by atoms with Crippen LogP contribution in [0.4, 0.5) is 5.00 Å². The molecule has 2 aliphatic rings. The van der Waals surface area contributed by atoms with Crippen molar-refractivity contribution in [3.05, 3.63) is 16.0 Å². The average molecular weight is 347 g/mol. The quantitative estimate of drug-likeness (QED) is 0.910. The highest BCUT2D eigenvalue weighted by Crippen LogP contribution is 2.37. The lowest BCUT2D eigenvalue weighted by Crippen LogP contribution is -2.50. The second-order valence-corrected chi connectivity index (χ2v) is 8.08. The van der Waals surface area contributed by atoms with Crippen LogP contribution in [0, 0.1) is 11.3 Å². The van der Waals surface area contributed by atoms with Crippen LogP contribution in [0.5, 0.6) is 0 Å². The Kier molecular flexibility index (Phi) is 5.54. The van der Waals surface area contributed by atoms with Crippen molar-refractivity contribution < 1.29 is 4.79 Å². The molecule has 1 atom stereocenters. The number of nitrogens with zero attached hydrogens (tertiary/aromatic N) is 3. The first kappa shape index (κ1) is 17.4. The Morgan fingerprint density at radius 2 is 2.17 bits per heavy atom. The number of thiophene rings is 1. The van der Waals surface area contributed by atoms with Gasteiger partial charge >= 0.3 is 0 Å². The molecule has 0 spiro atoms. The Bertz CT molecular complexity index is 648. The van der Waals surface area contributed by atoms with Crippen LogP contribution in [0.1, 0.15) is 42.2 Å². The number of anilines is 1. The highest BCUT2D eigenvalue weighted by Gasteiger charge is 2.24. The maximum absolute atomic E-state index is 12.4. The third-order valence-electron chi connectivity index (χ3n) is 5.13. The van der Waals surface area contributed by atoms with Crippen LogP contribution in [0.15, 0.2) is 0 Å². The Morgan fingerprint density at radius 1 is 1.38 bits per heavy atom. The van der Waals surface area contributed by atoms with Crippen molar-refractivity contribution in [3.63, 3.8) is 0 Å². The van der Waals surface area contributed by atoms with Gasteiger partial charge < -0.3 is 10.2 Å². The van der Waals surface area contributed by atoms with E-state index < -0.39 is 0 Å². The fraction of sp³-hybridized carbons (Fsp3) is 0.667. The predicted octanol–water partition coefficient (Wildman–Crippen LogP) is 2.46. The standard InChI is InChI=1S/C18H26N4OS/c1-13-12-21(2)9-10-22(13)8-7-17(23)20-18-15(11-19)14-5-3-4-6-16(14)24-18/h13H,3-10,12H2,1-2H3,(H,20,23). The van der Waals surface area contributed by atoms with Gasteiger partial charge in [0.1, 0.15) is 11.1 Å². The van der Waals surface area contributed by atoms with E-state index in [0.717, 1.165) is 50.4 Å². The van der Waals surface area contributed by atoms with Crippen LogP contribution in [0.3, 0.4) is 0 Å². The molecule has 1 aliphatic carbocycles. The highest BCUT2D eigenvalue weighted by atomic mass is 32.1. The average Bonchev–Trinajstić information content (AvgIpc) is 2.90. The maximum atomic E-state index is 12.4. The number of hydrogen-bond donors (Lipinski definition) is 1. The number of hydrogen-bond acceptors (Lipinski definition) is 5. The number of nitrogens with one attached hydrogen (secondary N) is 1. The Labute approximate surface area is 148 Å². The number of aryl methyl sites for hydroxylation is 1. The minimum Gasteiger partial charge on any atom is -0.317 e. The molecule has 1 N–H and O–H groups in total. The highest BCUT2D eigenvalue weighted by molar-refractivity contribution is 7.16. The van der Waals surface area contributed by atoms with Crippen LogP contribution in [-0.2, 0) is 17.6 Å². The van der Waals surface area contributed by atoms with Gasteiger partial charge in [0.25, 0.3) is 0 Å². The summed E-state index contributed by atoms with van der Waals surface area (Å²) in [7, 11) is 2.14. The molecule has 0 bridgehead atoms. The van der Waals surface area contributed by atoms with E-state index in [2.05, 4.69) is 35.2 Å². The van der Waals surface area contributed by atoms with Crippen LogP contribution >= 0.6 is 11.3 Å². The van der Waals surface area contributed by atoms with Gasteiger partial charge in [0, 0.05) is 43.5 Å². The van der Waals surface area contributed by atoms with Crippen LogP contribution in [0.2, 0.25) is 0 Å². The molecule has 1 aromatic heterocycles. The fourth-order valence-corrected chi connectivity index (χ4v) is 4.97. The van der Waals surface area contributed by atoms with Gasteiger partial charge in [0.05, 0.1) is 5.56 Å². The minimum atomic E-state index is 0.0243. The number of carbonyl (C=O) groups is 1. The molecule has 3 rings (SSSR count). The second-order valence-electron chi connectivity index (χ2n) is 6.97. The van der Waals surface area contributed by atoms with Crippen LogP contribution in [0.25, 0.3) is 0 Å². The minimum absolute atomic E-state index is 0.0243. The van der Waals surface area contributed by atoms with E-state index >= 15 is 0 Å². The molecule has 1 fully saturated rings. The number of likely N-dealkylation sites (N-methyl/N-ethyl adjacent to an activating group) is 1. The zero-order valence-electron chi connectivity index (χ0n) is 14.6. The Morgan fingerprint density at radius 3 is 2.92 bits per heavy atom. The number of fused-ring (bicyclic) bond motifs is 1. The molecular weight excluding hydrogens is 320 g/mol. The van der Waals surface area contributed by atoms with Crippen molar-refractivity contribution in [2.45, 2.75) is 45.1 Å². The fourth-order valence-electron chi connectivity index (χ4n) is 3.72. The van der Waals surface area contributed by atoms with Crippen molar-refractivity contribution in [3.8, 4) is 6.07 Å². The Balaban J connectivity index is 1.57. The summed E-state index contributed by atoms with van der Waals surface area (Å²) in [4.78, 5) is 18.4. The van der Waals surface area contributed by atoms with Crippen molar-refractivity contribution in [1.29, 1.82) is 5.26 Å². The van der Waals surface area contributed by atoms with Gasteiger partial charge in [0.15, 0.2) is 0 Å². The smallest absolute Gasteiger partial charge is 0.226 e. The van der Waals surface area contributed by atoms with Gasteiger partial charge in [-0.25, -0.2) is 0 Å². The summed E-state index contributed by atoms with van der Waals surface area (Å²) >= 11 is 1.60. The topological polar surface area (TPSA) is 59.4 Å². The van der Waals surface area contributed by atoms with Gasteiger partial charge in [-0.3, -0.25) is 9.69 Å². The van der Waals surface area contributed by atoms with E-state index in [-0.39, 0.29) is 5.91 Å². The summed E-state index contributed by atoms with van der Waals surface area (Å²) in [5, 5.41) is 13.2. The van der Waals surface area contributed by atoms with E-state index in [1.807, 2.05) is 0 Å². The number of nitriles is 1. The summed E-state index contributed by atoms with van der Waals surface area (Å²) in [6, 6.07) is 2.79. The number of amides is 1. The molecule has 1 saturated heterocycles. The lowest BCUT2D eigenvalue weighted by atomic mass is 9.96. The largest absolute Gasteiger partial charge is 0.317 e. The summed E-state index contributed by atoms with van der Waals surface area (Å²) in [5.41, 5.74) is 1.88. The summed E-state index contributed by atoms with van der Waals surface area (Å²) in [6.45, 7) is 6.13. The molecule has 0 saturated carbocycles. The predicted molar refractivity (Wildman–Crippen MR) is 97.5 cm³/mol. The van der Waals surface area contributed by atoms with Gasteiger partial charge in [-0.2, -0.15) is 5.26 Å².